The van der Waals surface area contributed by atoms with E-state index in [1.807, 2.05) is 18.2 Å². The molecule has 0 fully saturated rings. The van der Waals surface area contributed by atoms with E-state index in [1.54, 1.807) is 0 Å². The van der Waals surface area contributed by atoms with Gasteiger partial charge in [-0.05, 0) is 36.2 Å². The van der Waals surface area contributed by atoms with Crippen molar-refractivity contribution in [1.82, 2.24) is 9.55 Å². The molecule has 0 aliphatic rings. The lowest BCUT2D eigenvalue weighted by Gasteiger charge is -2.11. The normalized spacial score (nSPS) is 11.2. The summed E-state index contributed by atoms with van der Waals surface area (Å²) in [4.78, 5) is 4.69. The van der Waals surface area contributed by atoms with Crippen LogP contribution in [0.3, 0.4) is 0 Å². The Morgan fingerprint density at radius 2 is 1.95 bits per heavy atom. The maximum Gasteiger partial charge on any atom is 0.111 e. The van der Waals surface area contributed by atoms with E-state index in [9.17, 15) is 0 Å². The third kappa shape index (κ3) is 2.92. The lowest BCUT2D eigenvalue weighted by molar-refractivity contribution is 0.751. The number of alkyl halides is 1. The summed E-state index contributed by atoms with van der Waals surface area (Å²) in [5.74, 6) is 1.57. The van der Waals surface area contributed by atoms with Crippen LogP contribution in [0.15, 0.2) is 42.5 Å². The Morgan fingerprint density at radius 3 is 2.71 bits per heavy atom. The Hall–Kier alpha value is -1.51. The van der Waals surface area contributed by atoms with Crippen LogP contribution in [0.5, 0.6) is 0 Å². The molecule has 3 rings (SSSR count). The number of halogens is 2. The molecule has 0 saturated carbocycles. The van der Waals surface area contributed by atoms with Crippen molar-refractivity contribution in [1.29, 1.82) is 0 Å². The first-order valence-corrected chi connectivity index (χ1v) is 7.85. The zero-order valence-electron chi connectivity index (χ0n) is 11.8. The van der Waals surface area contributed by atoms with Crippen molar-refractivity contribution in [3.63, 3.8) is 0 Å². The van der Waals surface area contributed by atoms with Gasteiger partial charge in [0.1, 0.15) is 5.82 Å². The fraction of sp³-hybridized carbons (Fsp3) is 0.235. The molecule has 2 nitrogen and oxygen atoms in total. The molecule has 0 spiro atoms. The third-order valence-corrected chi connectivity index (χ3v) is 4.12. The van der Waals surface area contributed by atoms with Crippen LogP contribution in [0.25, 0.3) is 11.0 Å². The number of aryl methyl sites for hydroxylation is 2. The average Bonchev–Trinajstić information content (AvgIpc) is 2.79. The number of hydrogen-bond donors (Lipinski definition) is 0. The monoisotopic (exact) mass is 318 g/mol. The number of nitrogens with zero attached hydrogens (tertiary/aromatic N) is 2. The van der Waals surface area contributed by atoms with Crippen molar-refractivity contribution in [3.05, 3.63) is 64.4 Å². The van der Waals surface area contributed by atoms with Gasteiger partial charge in [0, 0.05) is 23.9 Å². The van der Waals surface area contributed by atoms with Crippen LogP contribution in [-0.4, -0.2) is 15.4 Å². The molecule has 0 saturated heterocycles. The Bertz CT molecular complexity index is 778. The highest BCUT2D eigenvalue weighted by molar-refractivity contribution is 6.31. The zero-order chi connectivity index (χ0) is 14.8. The Morgan fingerprint density at radius 1 is 1.14 bits per heavy atom. The van der Waals surface area contributed by atoms with Crippen molar-refractivity contribution in [2.75, 3.05) is 5.88 Å². The number of imidazole rings is 1. The molecule has 0 unspecified atom stereocenters. The van der Waals surface area contributed by atoms with Gasteiger partial charge in [0.15, 0.2) is 0 Å². The molecule has 0 aliphatic carbocycles. The first-order valence-electron chi connectivity index (χ1n) is 6.94. The molecule has 0 aliphatic heterocycles. The quantitative estimate of drug-likeness (QED) is 0.630. The van der Waals surface area contributed by atoms with Crippen LogP contribution in [0, 0.1) is 6.92 Å². The first kappa shape index (κ1) is 14.4. The highest BCUT2D eigenvalue weighted by atomic mass is 35.5. The summed E-state index contributed by atoms with van der Waals surface area (Å²) in [6.45, 7) is 2.92. The molecular weight excluding hydrogens is 303 g/mol. The van der Waals surface area contributed by atoms with E-state index in [2.05, 4.69) is 40.7 Å². The highest BCUT2D eigenvalue weighted by Gasteiger charge is 2.12. The minimum atomic E-state index is 0.560. The molecule has 2 aromatic carbocycles. The average molecular weight is 319 g/mol. The van der Waals surface area contributed by atoms with E-state index in [1.165, 1.54) is 11.1 Å². The molecule has 3 aromatic rings. The third-order valence-electron chi connectivity index (χ3n) is 3.70. The molecule has 0 amide bonds. The lowest BCUT2D eigenvalue weighted by Crippen LogP contribution is -2.07. The van der Waals surface area contributed by atoms with Crippen molar-refractivity contribution in [2.45, 2.75) is 19.9 Å². The molecule has 0 atom stereocenters. The number of benzene rings is 2. The van der Waals surface area contributed by atoms with E-state index in [4.69, 9.17) is 23.2 Å². The van der Waals surface area contributed by atoms with Crippen LogP contribution in [0.2, 0.25) is 5.02 Å². The van der Waals surface area contributed by atoms with E-state index in [0.29, 0.717) is 5.88 Å². The van der Waals surface area contributed by atoms with Crippen molar-refractivity contribution < 1.29 is 0 Å². The van der Waals surface area contributed by atoms with Crippen molar-refractivity contribution in [2.24, 2.45) is 0 Å². The summed E-state index contributed by atoms with van der Waals surface area (Å²) in [6, 6.07) is 14.2. The lowest BCUT2D eigenvalue weighted by atomic mass is 10.1. The second kappa shape index (κ2) is 6.08. The predicted octanol–water partition coefficient (Wildman–Crippen LogP) is 4.83. The molecular formula is C17H16Cl2N2. The molecule has 21 heavy (non-hydrogen) atoms. The highest BCUT2D eigenvalue weighted by Crippen LogP contribution is 2.23. The summed E-state index contributed by atoms with van der Waals surface area (Å²) in [5, 5.41) is 0.728. The van der Waals surface area contributed by atoms with Gasteiger partial charge >= 0.3 is 0 Å². The van der Waals surface area contributed by atoms with Gasteiger partial charge in [0.25, 0.3) is 0 Å². The predicted molar refractivity (Wildman–Crippen MR) is 89.4 cm³/mol. The first-order chi connectivity index (χ1) is 10.2. The maximum atomic E-state index is 6.14. The maximum absolute atomic E-state index is 6.14. The molecule has 0 N–H and O–H groups in total. The van der Waals surface area contributed by atoms with Crippen LogP contribution in [-0.2, 0) is 13.0 Å². The van der Waals surface area contributed by atoms with E-state index >= 15 is 0 Å². The second-order valence-corrected chi connectivity index (χ2v) is 5.93. The van der Waals surface area contributed by atoms with Crippen LogP contribution >= 0.6 is 23.2 Å². The number of fused-ring (bicyclic) bond motifs is 1. The Balaban J connectivity index is 2.12. The van der Waals surface area contributed by atoms with Gasteiger partial charge in [-0.3, -0.25) is 0 Å². The SMILES string of the molecule is Cc1ccccc1Cn1c(CCCl)nc2ccc(Cl)cc21. The molecule has 108 valence electrons. The van der Waals surface area contributed by atoms with Crippen LogP contribution in [0.1, 0.15) is 17.0 Å². The molecule has 1 aromatic heterocycles. The standard InChI is InChI=1S/C17H16Cl2N2/c1-12-4-2-3-5-13(12)11-21-16-10-14(19)6-7-15(16)20-17(21)8-9-18/h2-7,10H,8-9,11H2,1H3. The minimum Gasteiger partial charge on any atom is -0.323 e. The summed E-state index contributed by atoms with van der Waals surface area (Å²) >= 11 is 12.1. The van der Waals surface area contributed by atoms with E-state index < -0.39 is 0 Å². The minimum absolute atomic E-state index is 0.560. The Labute approximate surface area is 134 Å². The summed E-state index contributed by atoms with van der Waals surface area (Å²) in [6.07, 6.45) is 0.750. The van der Waals surface area contributed by atoms with Crippen LogP contribution < -0.4 is 0 Å². The molecule has 0 radical (unpaired) electrons. The van der Waals surface area contributed by atoms with Gasteiger partial charge in [0.2, 0.25) is 0 Å². The van der Waals surface area contributed by atoms with Gasteiger partial charge < -0.3 is 4.57 Å². The zero-order valence-corrected chi connectivity index (χ0v) is 13.3. The molecule has 4 heteroatoms. The topological polar surface area (TPSA) is 17.8 Å². The van der Waals surface area contributed by atoms with Gasteiger partial charge in [-0.15, -0.1) is 11.6 Å². The van der Waals surface area contributed by atoms with Gasteiger partial charge in [0.05, 0.1) is 11.0 Å². The van der Waals surface area contributed by atoms with Crippen molar-refractivity contribution >= 4 is 34.2 Å². The largest absolute Gasteiger partial charge is 0.323 e. The fourth-order valence-electron chi connectivity index (χ4n) is 2.56. The summed E-state index contributed by atoms with van der Waals surface area (Å²) < 4.78 is 2.21. The fourth-order valence-corrected chi connectivity index (χ4v) is 2.89. The van der Waals surface area contributed by atoms with E-state index in [0.717, 1.165) is 34.8 Å². The smallest absolute Gasteiger partial charge is 0.111 e. The van der Waals surface area contributed by atoms with Crippen LogP contribution in [0.4, 0.5) is 0 Å². The summed E-state index contributed by atoms with van der Waals surface area (Å²) in [7, 11) is 0. The number of aromatic nitrogens is 2. The number of rotatable bonds is 4. The van der Waals surface area contributed by atoms with Gasteiger partial charge in [-0.1, -0.05) is 35.9 Å². The summed E-state index contributed by atoms with van der Waals surface area (Å²) in [5.41, 5.74) is 4.59. The second-order valence-electron chi connectivity index (χ2n) is 5.11. The van der Waals surface area contributed by atoms with Crippen molar-refractivity contribution in [3.8, 4) is 0 Å². The van der Waals surface area contributed by atoms with Gasteiger partial charge in [-0.25, -0.2) is 4.98 Å². The number of hydrogen-bond acceptors (Lipinski definition) is 1. The van der Waals surface area contributed by atoms with E-state index in [-0.39, 0.29) is 0 Å². The Kier molecular flexibility index (Phi) is 4.18. The van der Waals surface area contributed by atoms with Gasteiger partial charge in [-0.2, -0.15) is 0 Å². The molecule has 1 heterocycles. The molecule has 0 bridgehead atoms.